The zero-order valence-electron chi connectivity index (χ0n) is 22.3. The average Bonchev–Trinajstić information content (AvgIpc) is 3.15. The van der Waals surface area contributed by atoms with E-state index in [1.165, 1.54) is 13.8 Å². The van der Waals surface area contributed by atoms with Crippen molar-refractivity contribution in [2.24, 2.45) is 45.3 Å². The van der Waals surface area contributed by atoms with Gasteiger partial charge in [-0.1, -0.05) is 40.2 Å². The molecule has 4 aliphatic carbocycles. The monoisotopic (exact) mass is 486 g/mol. The van der Waals surface area contributed by atoms with Gasteiger partial charge in [-0.15, -0.1) is 0 Å². The van der Waals surface area contributed by atoms with Crippen LogP contribution in [0.1, 0.15) is 86.5 Å². The molecule has 1 saturated heterocycles. The summed E-state index contributed by atoms with van der Waals surface area (Å²) in [6.45, 7) is 13.4. The van der Waals surface area contributed by atoms with Gasteiger partial charge >= 0.3 is 17.9 Å². The van der Waals surface area contributed by atoms with Crippen LogP contribution in [0.4, 0.5) is 0 Å². The number of hydrogen-bond acceptors (Lipinski definition) is 6. The van der Waals surface area contributed by atoms with Gasteiger partial charge in [0.1, 0.15) is 6.10 Å². The van der Waals surface area contributed by atoms with E-state index in [2.05, 4.69) is 33.8 Å². The SMILES string of the molecule is CC(=O)OC[C@]1(C)CCC[C@]2(C)[C@H]3C[C@@H](OC(C)=O)[C@]4(C)[C@H]5COC(=O)C5=CC[C@H]4[C@]3(C)CC[C@@H]12. The Morgan fingerprint density at radius 2 is 1.71 bits per heavy atom. The molecular formula is C29H42O6. The van der Waals surface area contributed by atoms with E-state index in [-0.39, 0.29) is 51.6 Å². The number of esters is 3. The van der Waals surface area contributed by atoms with E-state index < -0.39 is 0 Å². The van der Waals surface area contributed by atoms with E-state index in [0.29, 0.717) is 31.0 Å². The Bertz CT molecular complexity index is 970. The highest BCUT2D eigenvalue weighted by atomic mass is 16.6. The summed E-state index contributed by atoms with van der Waals surface area (Å²) in [6.07, 6.45) is 9.09. The lowest BCUT2D eigenvalue weighted by atomic mass is 9.34. The van der Waals surface area contributed by atoms with Crippen molar-refractivity contribution in [3.8, 4) is 0 Å². The van der Waals surface area contributed by atoms with Crippen molar-refractivity contribution < 1.29 is 28.6 Å². The van der Waals surface area contributed by atoms with Crippen LogP contribution in [0.2, 0.25) is 0 Å². The number of allylic oxidation sites excluding steroid dienone is 1. The zero-order valence-corrected chi connectivity index (χ0v) is 22.3. The lowest BCUT2D eigenvalue weighted by molar-refractivity contribution is -0.244. The summed E-state index contributed by atoms with van der Waals surface area (Å²) < 4.78 is 17.3. The second-order valence-corrected chi connectivity index (χ2v) is 13.2. The highest BCUT2D eigenvalue weighted by Crippen LogP contribution is 2.73. The third-order valence-corrected chi connectivity index (χ3v) is 11.6. The zero-order chi connectivity index (χ0) is 25.4. The third kappa shape index (κ3) is 3.44. The van der Waals surface area contributed by atoms with Crippen LogP contribution in [0.15, 0.2) is 11.6 Å². The van der Waals surface area contributed by atoms with Gasteiger partial charge in [0, 0.05) is 36.2 Å². The Kier molecular flexibility index (Phi) is 5.73. The van der Waals surface area contributed by atoms with Crippen LogP contribution in [0, 0.1) is 45.3 Å². The van der Waals surface area contributed by atoms with Gasteiger partial charge in [-0.3, -0.25) is 9.59 Å². The largest absolute Gasteiger partial charge is 0.465 e. The highest BCUT2D eigenvalue weighted by molar-refractivity contribution is 5.91. The van der Waals surface area contributed by atoms with Crippen molar-refractivity contribution in [2.45, 2.75) is 92.6 Å². The molecule has 4 fully saturated rings. The molecule has 0 bridgehead atoms. The molecule has 5 aliphatic rings. The number of fused-ring (bicyclic) bond motifs is 7. The normalized spacial score (nSPS) is 48.3. The highest BCUT2D eigenvalue weighted by Gasteiger charge is 2.70. The minimum atomic E-state index is -0.327. The summed E-state index contributed by atoms with van der Waals surface area (Å²) in [5, 5.41) is 0. The van der Waals surface area contributed by atoms with E-state index in [1.807, 2.05) is 0 Å². The predicted molar refractivity (Wildman–Crippen MR) is 130 cm³/mol. The molecule has 0 aromatic carbocycles. The number of carbonyl (C=O) groups is 3. The Morgan fingerprint density at radius 1 is 1.00 bits per heavy atom. The van der Waals surface area contributed by atoms with Crippen LogP contribution in [0.25, 0.3) is 0 Å². The molecule has 0 spiro atoms. The first-order valence-corrected chi connectivity index (χ1v) is 13.5. The summed E-state index contributed by atoms with van der Waals surface area (Å²) in [4.78, 5) is 36.5. The van der Waals surface area contributed by atoms with E-state index >= 15 is 0 Å². The molecule has 5 rings (SSSR count). The summed E-state index contributed by atoms with van der Waals surface area (Å²) in [6, 6.07) is 0. The van der Waals surface area contributed by atoms with Gasteiger partial charge in [-0.2, -0.15) is 0 Å². The second kappa shape index (κ2) is 8.08. The van der Waals surface area contributed by atoms with Gasteiger partial charge in [0.15, 0.2) is 0 Å². The molecule has 6 heteroatoms. The van der Waals surface area contributed by atoms with Gasteiger partial charge < -0.3 is 14.2 Å². The van der Waals surface area contributed by atoms with Gasteiger partial charge in [-0.25, -0.2) is 4.79 Å². The summed E-state index contributed by atoms with van der Waals surface area (Å²) >= 11 is 0. The number of cyclic esters (lactones) is 1. The molecule has 0 unspecified atom stereocenters. The molecule has 3 saturated carbocycles. The maximum absolute atomic E-state index is 12.5. The van der Waals surface area contributed by atoms with Crippen molar-refractivity contribution in [3.05, 3.63) is 11.6 Å². The van der Waals surface area contributed by atoms with Gasteiger partial charge in [0.25, 0.3) is 0 Å². The Labute approximate surface area is 209 Å². The Morgan fingerprint density at radius 3 is 2.40 bits per heavy atom. The summed E-state index contributed by atoms with van der Waals surface area (Å²) in [7, 11) is 0. The fraction of sp³-hybridized carbons (Fsp3) is 0.828. The quantitative estimate of drug-likeness (QED) is 0.401. The van der Waals surface area contributed by atoms with Crippen molar-refractivity contribution in [1.82, 2.24) is 0 Å². The van der Waals surface area contributed by atoms with Crippen LogP contribution in [-0.4, -0.2) is 37.2 Å². The van der Waals surface area contributed by atoms with Crippen LogP contribution >= 0.6 is 0 Å². The smallest absolute Gasteiger partial charge is 0.334 e. The van der Waals surface area contributed by atoms with Crippen LogP contribution < -0.4 is 0 Å². The maximum Gasteiger partial charge on any atom is 0.334 e. The molecule has 1 heterocycles. The molecular weight excluding hydrogens is 444 g/mol. The second-order valence-electron chi connectivity index (χ2n) is 13.2. The first-order valence-electron chi connectivity index (χ1n) is 13.5. The molecule has 0 amide bonds. The van der Waals surface area contributed by atoms with E-state index in [9.17, 15) is 14.4 Å². The van der Waals surface area contributed by atoms with E-state index in [0.717, 1.165) is 50.5 Å². The first-order chi connectivity index (χ1) is 16.4. The lowest BCUT2D eigenvalue weighted by Gasteiger charge is -2.70. The number of hydrogen-bond donors (Lipinski definition) is 0. The predicted octanol–water partition coefficient (Wildman–Crippen LogP) is 5.24. The number of rotatable bonds is 3. The standard InChI is InChI=1S/C29H42O6/c1-17(30)34-16-26(3)11-7-12-27(4)21(26)10-13-28(5)22-9-8-19-20(15-33-25(19)32)29(22,6)24(14-23(27)28)35-18(2)31/h8,20-24H,7,9-16H2,1-6H3/t20-,21-,22-,23+,24+,26-,27-,28-,29+/m0/s1. The topological polar surface area (TPSA) is 78.9 Å². The van der Waals surface area contributed by atoms with E-state index in [4.69, 9.17) is 14.2 Å². The van der Waals surface area contributed by atoms with Crippen LogP contribution in [-0.2, 0) is 28.6 Å². The van der Waals surface area contributed by atoms with Crippen molar-refractivity contribution in [2.75, 3.05) is 13.2 Å². The fourth-order valence-electron chi connectivity index (χ4n) is 10.1. The minimum Gasteiger partial charge on any atom is -0.465 e. The molecule has 0 aromatic heterocycles. The maximum atomic E-state index is 12.5. The van der Waals surface area contributed by atoms with Crippen LogP contribution in [0.5, 0.6) is 0 Å². The van der Waals surface area contributed by atoms with Gasteiger partial charge in [-0.05, 0) is 67.1 Å². The van der Waals surface area contributed by atoms with Gasteiger partial charge in [0.2, 0.25) is 0 Å². The molecule has 1 aliphatic heterocycles. The number of carbonyl (C=O) groups excluding carboxylic acids is 3. The molecule has 0 N–H and O–H groups in total. The third-order valence-electron chi connectivity index (χ3n) is 11.6. The van der Waals surface area contributed by atoms with Crippen molar-refractivity contribution >= 4 is 17.9 Å². The molecule has 35 heavy (non-hydrogen) atoms. The molecule has 194 valence electrons. The molecule has 6 nitrogen and oxygen atoms in total. The summed E-state index contributed by atoms with van der Waals surface area (Å²) in [5.41, 5.74) is 0.569. The van der Waals surface area contributed by atoms with Crippen LogP contribution in [0.3, 0.4) is 0 Å². The fourth-order valence-corrected chi connectivity index (χ4v) is 10.1. The minimum absolute atomic E-state index is 0.0259. The number of ether oxygens (including phenoxy) is 3. The molecule has 0 aromatic rings. The lowest BCUT2D eigenvalue weighted by Crippen LogP contribution is -2.67. The Balaban J connectivity index is 1.56. The van der Waals surface area contributed by atoms with Crippen molar-refractivity contribution in [3.63, 3.8) is 0 Å². The summed E-state index contributed by atoms with van der Waals surface area (Å²) in [5.74, 6) is 0.465. The first kappa shape index (κ1) is 24.8. The van der Waals surface area contributed by atoms with E-state index in [1.54, 1.807) is 0 Å². The Hall–Kier alpha value is -1.85. The molecule has 9 atom stereocenters. The van der Waals surface area contributed by atoms with Gasteiger partial charge in [0.05, 0.1) is 13.2 Å². The molecule has 0 radical (unpaired) electrons. The van der Waals surface area contributed by atoms with Crippen molar-refractivity contribution in [1.29, 1.82) is 0 Å². The average molecular weight is 487 g/mol.